The van der Waals surface area contributed by atoms with E-state index in [1.54, 1.807) is 6.08 Å². The number of nitriles is 1. The van der Waals surface area contributed by atoms with Gasteiger partial charge in [-0.25, -0.2) is 4.79 Å². The monoisotopic (exact) mass is 373 g/mol. The van der Waals surface area contributed by atoms with Gasteiger partial charge < -0.3 is 26.0 Å². The molecule has 0 aromatic rings. The highest BCUT2D eigenvalue weighted by atomic mass is 32.2. The van der Waals surface area contributed by atoms with E-state index in [-0.39, 0.29) is 13.2 Å². The molecule has 0 radical (unpaired) electrons. The van der Waals surface area contributed by atoms with Crippen LogP contribution >= 0.6 is 11.8 Å². The predicted octanol–water partition coefficient (Wildman–Crippen LogP) is -0.0324. The Labute approximate surface area is 150 Å². The lowest BCUT2D eigenvalue weighted by Gasteiger charge is -2.11. The fourth-order valence-corrected chi connectivity index (χ4v) is 2.31. The van der Waals surface area contributed by atoms with Crippen LogP contribution in [0.4, 0.5) is 0 Å². The Morgan fingerprint density at radius 2 is 2.04 bits per heavy atom. The molecule has 5 N–H and O–H groups in total. The van der Waals surface area contributed by atoms with Gasteiger partial charge in [0.15, 0.2) is 5.25 Å². The minimum atomic E-state index is -1.15. The van der Waals surface area contributed by atoms with Crippen molar-refractivity contribution in [3.63, 3.8) is 0 Å². The Morgan fingerprint density at radius 1 is 1.32 bits per heavy atom. The molecule has 0 saturated carbocycles. The number of nitrogens with zero attached hydrogens (tertiary/aromatic N) is 1. The first-order valence-electron chi connectivity index (χ1n) is 7.63. The summed E-state index contributed by atoms with van der Waals surface area (Å²) in [5.74, 6) is -2.18. The maximum atomic E-state index is 11.8. The van der Waals surface area contributed by atoms with E-state index in [0.29, 0.717) is 25.1 Å². The Balaban J connectivity index is 3.79. The number of aliphatic carboxylic acids is 2. The number of nitrogens with two attached hydrogens (primary N) is 1. The third kappa shape index (κ3) is 12.9. The average Bonchev–Trinajstić information content (AvgIpc) is 2.56. The standard InChI is InChI=1S/C15H23N3O6S/c16-9-12(25-8-7-24-10-11(17)15(22)23)14(21)18-6-4-2-1-3-5-13(19)20/h3,5,11-12H,1-2,4,6-8,10,17H2,(H,18,21)(H,19,20)(H,22,23)/b5-3-. The summed E-state index contributed by atoms with van der Waals surface area (Å²) in [6.45, 7) is 0.463. The molecule has 0 aliphatic carbocycles. The molecule has 0 aromatic carbocycles. The van der Waals surface area contributed by atoms with Crippen molar-refractivity contribution < 1.29 is 29.3 Å². The third-order valence-electron chi connectivity index (χ3n) is 2.84. The molecule has 2 atom stereocenters. The van der Waals surface area contributed by atoms with Crippen molar-refractivity contribution in [3.05, 3.63) is 12.2 Å². The van der Waals surface area contributed by atoms with Crippen LogP contribution in [0.2, 0.25) is 0 Å². The summed E-state index contributed by atoms with van der Waals surface area (Å²) in [4.78, 5) is 32.6. The molecule has 0 spiro atoms. The van der Waals surface area contributed by atoms with Gasteiger partial charge in [0.2, 0.25) is 5.91 Å². The Morgan fingerprint density at radius 3 is 2.64 bits per heavy atom. The first kappa shape index (κ1) is 22.9. The minimum Gasteiger partial charge on any atom is -0.480 e. The number of carbonyl (C=O) groups excluding carboxylic acids is 1. The summed E-state index contributed by atoms with van der Waals surface area (Å²) in [6, 6.07) is 0.801. The van der Waals surface area contributed by atoms with Crippen molar-refractivity contribution in [2.75, 3.05) is 25.5 Å². The summed E-state index contributed by atoms with van der Waals surface area (Å²) >= 11 is 1.10. The normalized spacial score (nSPS) is 13.1. The van der Waals surface area contributed by atoms with Crippen LogP contribution in [0, 0.1) is 11.3 Å². The molecule has 25 heavy (non-hydrogen) atoms. The fourth-order valence-electron chi connectivity index (χ4n) is 1.55. The lowest BCUT2D eigenvalue weighted by Crippen LogP contribution is -2.35. The van der Waals surface area contributed by atoms with Gasteiger partial charge in [0.05, 0.1) is 19.3 Å². The fraction of sp³-hybridized carbons (Fsp3) is 0.600. The van der Waals surface area contributed by atoms with E-state index >= 15 is 0 Å². The predicted molar refractivity (Wildman–Crippen MR) is 91.9 cm³/mol. The smallest absolute Gasteiger partial charge is 0.327 e. The molecule has 0 aliphatic heterocycles. The van der Waals surface area contributed by atoms with Gasteiger partial charge in [-0.15, -0.1) is 11.8 Å². The van der Waals surface area contributed by atoms with Gasteiger partial charge in [-0.2, -0.15) is 5.26 Å². The number of carboxylic acids is 2. The summed E-state index contributed by atoms with van der Waals surface area (Å²) in [7, 11) is 0. The number of nitrogens with one attached hydrogen (secondary N) is 1. The third-order valence-corrected chi connectivity index (χ3v) is 3.89. The van der Waals surface area contributed by atoms with E-state index in [1.807, 2.05) is 6.07 Å². The van der Waals surface area contributed by atoms with Crippen molar-refractivity contribution in [1.82, 2.24) is 5.32 Å². The number of rotatable bonds is 14. The molecule has 0 bridgehead atoms. The molecule has 0 heterocycles. The Kier molecular flexibility index (Phi) is 13.1. The molecule has 0 fully saturated rings. The van der Waals surface area contributed by atoms with E-state index in [4.69, 9.17) is 25.9 Å². The van der Waals surface area contributed by atoms with Gasteiger partial charge in [-0.05, 0) is 19.3 Å². The molecule has 0 aromatic heterocycles. The molecule has 0 aliphatic rings. The lowest BCUT2D eigenvalue weighted by atomic mass is 10.2. The van der Waals surface area contributed by atoms with Crippen LogP contribution in [0.1, 0.15) is 19.3 Å². The van der Waals surface area contributed by atoms with Crippen molar-refractivity contribution in [1.29, 1.82) is 5.26 Å². The van der Waals surface area contributed by atoms with Crippen LogP contribution in [-0.4, -0.2) is 64.9 Å². The number of carbonyl (C=O) groups is 3. The highest BCUT2D eigenvalue weighted by Gasteiger charge is 2.17. The van der Waals surface area contributed by atoms with Crippen LogP contribution in [0.25, 0.3) is 0 Å². The van der Waals surface area contributed by atoms with Gasteiger partial charge >= 0.3 is 11.9 Å². The zero-order chi connectivity index (χ0) is 19.1. The molecule has 140 valence electrons. The molecular weight excluding hydrogens is 350 g/mol. The first-order valence-corrected chi connectivity index (χ1v) is 8.68. The molecule has 1 amide bonds. The molecule has 10 heteroatoms. The first-order chi connectivity index (χ1) is 11.9. The SMILES string of the molecule is N#CC(SCCOCC(N)C(=O)O)C(=O)NCCCC/C=C\C(=O)O. The quantitative estimate of drug-likeness (QED) is 0.242. The maximum Gasteiger partial charge on any atom is 0.327 e. The second-order valence-electron chi connectivity index (χ2n) is 4.93. The van der Waals surface area contributed by atoms with Gasteiger partial charge in [-0.1, -0.05) is 6.08 Å². The number of allylic oxidation sites excluding steroid dienone is 1. The van der Waals surface area contributed by atoms with Gasteiger partial charge in [0, 0.05) is 18.4 Å². The lowest BCUT2D eigenvalue weighted by molar-refractivity contribution is -0.140. The van der Waals surface area contributed by atoms with Crippen molar-refractivity contribution in [2.45, 2.75) is 30.6 Å². The number of thioether (sulfide) groups is 1. The van der Waals surface area contributed by atoms with Crippen LogP contribution in [0.3, 0.4) is 0 Å². The molecule has 9 nitrogen and oxygen atoms in total. The summed E-state index contributed by atoms with van der Waals surface area (Å²) in [5, 5.41) is 27.8. The van der Waals surface area contributed by atoms with E-state index < -0.39 is 29.1 Å². The van der Waals surface area contributed by atoms with Crippen molar-refractivity contribution in [2.24, 2.45) is 5.73 Å². The molecule has 2 unspecified atom stereocenters. The van der Waals surface area contributed by atoms with Gasteiger partial charge in [0.25, 0.3) is 0 Å². The second-order valence-corrected chi connectivity index (χ2v) is 6.14. The summed E-state index contributed by atoms with van der Waals surface area (Å²) < 4.78 is 5.07. The second kappa shape index (κ2) is 14.3. The largest absolute Gasteiger partial charge is 0.480 e. The zero-order valence-electron chi connectivity index (χ0n) is 13.7. The van der Waals surface area contributed by atoms with Crippen LogP contribution < -0.4 is 11.1 Å². The maximum absolute atomic E-state index is 11.8. The highest BCUT2D eigenvalue weighted by molar-refractivity contribution is 8.00. The minimum absolute atomic E-state index is 0.129. The number of ether oxygens (including phenoxy) is 1. The highest BCUT2D eigenvalue weighted by Crippen LogP contribution is 2.10. The zero-order valence-corrected chi connectivity index (χ0v) is 14.5. The van der Waals surface area contributed by atoms with Gasteiger partial charge in [0.1, 0.15) is 6.04 Å². The number of carboxylic acid groups (broad SMARTS) is 2. The number of hydrogen-bond acceptors (Lipinski definition) is 7. The Hall–Kier alpha value is -2.09. The van der Waals surface area contributed by atoms with Crippen molar-refractivity contribution in [3.8, 4) is 6.07 Å². The number of hydrogen-bond donors (Lipinski definition) is 4. The van der Waals surface area contributed by atoms with E-state index in [9.17, 15) is 14.4 Å². The Bertz CT molecular complexity index is 506. The summed E-state index contributed by atoms with van der Waals surface area (Å²) in [5.41, 5.74) is 5.27. The van der Waals surface area contributed by atoms with Crippen LogP contribution in [0.15, 0.2) is 12.2 Å². The van der Waals surface area contributed by atoms with E-state index in [1.165, 1.54) is 0 Å². The van der Waals surface area contributed by atoms with Gasteiger partial charge in [-0.3, -0.25) is 9.59 Å². The van der Waals surface area contributed by atoms with Crippen LogP contribution in [-0.2, 0) is 19.1 Å². The molecule has 0 rings (SSSR count). The molecule has 0 saturated heterocycles. The van der Waals surface area contributed by atoms with Crippen LogP contribution in [0.5, 0.6) is 0 Å². The topological polar surface area (TPSA) is 163 Å². The van der Waals surface area contributed by atoms with E-state index in [2.05, 4.69) is 5.32 Å². The summed E-state index contributed by atoms with van der Waals surface area (Å²) in [6.07, 6.45) is 4.63. The number of unbranched alkanes of at least 4 members (excludes halogenated alkanes) is 2. The number of amides is 1. The average molecular weight is 373 g/mol. The molecular formula is C15H23N3O6S. The van der Waals surface area contributed by atoms with E-state index in [0.717, 1.165) is 24.3 Å². The van der Waals surface area contributed by atoms with Crippen molar-refractivity contribution >= 4 is 29.6 Å².